The third kappa shape index (κ3) is 6.95. The molecule has 1 heterocycles. The van der Waals surface area contributed by atoms with Gasteiger partial charge >= 0.3 is 0 Å². The SMILES string of the molecule is c1ccc(-c2c(-c3ccccc3)c3cc(-c4cccc(N(c5ccc(-c6ccc7c(c6)c6ccccc6n7-c6ccccc6)cc5)c5ccc6c(ccc7ccccc76)c5)c4)ccc3c3ccccc23)cc1. The van der Waals surface area contributed by atoms with Gasteiger partial charge in [-0.05, 0) is 160 Å². The molecule has 13 aromatic carbocycles. The molecule has 2 nitrogen and oxygen atoms in total. The summed E-state index contributed by atoms with van der Waals surface area (Å²) >= 11 is 0. The molecule has 0 bridgehead atoms. The second-order valence-electron chi connectivity index (χ2n) is 18.8. The second kappa shape index (κ2) is 17.2. The van der Waals surface area contributed by atoms with Crippen molar-refractivity contribution in [3.05, 3.63) is 279 Å². The average molecular weight is 915 g/mol. The lowest BCUT2D eigenvalue weighted by atomic mass is 9.84. The lowest BCUT2D eigenvalue weighted by molar-refractivity contribution is 1.18. The normalized spacial score (nSPS) is 11.6. The van der Waals surface area contributed by atoms with E-state index < -0.39 is 0 Å². The standard InChI is InChI=1S/C70H46N2/c1-4-18-49(19-5-1)69-64-29-13-12-27-61(64)62-40-35-53(46-66(62)70(69)50-20-6-2-7-21-50)51-22-16-25-57(43-51)71(58-39-41-60-54(44-58)32-31-48-17-10-11-26-59(48)60)56-37-33-47(34-38-56)52-36-42-68-65(45-52)63-28-14-15-30-67(63)72(68)55-23-8-3-9-24-55/h1-46H. The number of anilines is 3. The lowest BCUT2D eigenvalue weighted by Crippen LogP contribution is -2.10. The highest BCUT2D eigenvalue weighted by atomic mass is 15.1. The van der Waals surface area contributed by atoms with Gasteiger partial charge in [-0.3, -0.25) is 0 Å². The highest BCUT2D eigenvalue weighted by Gasteiger charge is 2.20. The van der Waals surface area contributed by atoms with Crippen LogP contribution in [0, 0.1) is 0 Å². The Morgan fingerprint density at radius 1 is 0.222 bits per heavy atom. The van der Waals surface area contributed by atoms with Crippen molar-refractivity contribution >= 4 is 82.0 Å². The number of fused-ring (bicyclic) bond motifs is 9. The maximum absolute atomic E-state index is 2.42. The molecule has 0 unspecified atom stereocenters. The number of aromatic nitrogens is 1. The summed E-state index contributed by atoms with van der Waals surface area (Å²) in [6.07, 6.45) is 0. The van der Waals surface area contributed by atoms with Gasteiger partial charge in [-0.2, -0.15) is 0 Å². The Bertz CT molecular complexity index is 4360. The molecule has 0 N–H and O–H groups in total. The predicted octanol–water partition coefficient (Wildman–Crippen LogP) is 19.5. The molecule has 0 saturated heterocycles. The lowest BCUT2D eigenvalue weighted by Gasteiger charge is -2.27. The molecule has 0 aliphatic heterocycles. The first-order chi connectivity index (χ1) is 35.7. The Morgan fingerprint density at radius 2 is 0.708 bits per heavy atom. The van der Waals surface area contributed by atoms with Crippen molar-refractivity contribution in [1.29, 1.82) is 0 Å². The second-order valence-corrected chi connectivity index (χ2v) is 18.8. The van der Waals surface area contributed by atoms with Crippen LogP contribution in [0.1, 0.15) is 0 Å². The van der Waals surface area contributed by atoms with E-state index in [0.717, 1.165) is 28.3 Å². The first kappa shape index (κ1) is 41.5. The third-order valence-corrected chi connectivity index (χ3v) is 14.7. The van der Waals surface area contributed by atoms with Crippen molar-refractivity contribution in [2.75, 3.05) is 4.90 Å². The third-order valence-electron chi connectivity index (χ3n) is 14.7. The molecule has 72 heavy (non-hydrogen) atoms. The Hall–Kier alpha value is -9.50. The minimum atomic E-state index is 1.08. The summed E-state index contributed by atoms with van der Waals surface area (Å²) in [6, 6.07) is 102. The monoisotopic (exact) mass is 914 g/mol. The maximum Gasteiger partial charge on any atom is 0.0541 e. The van der Waals surface area contributed by atoms with Gasteiger partial charge in [0.2, 0.25) is 0 Å². The van der Waals surface area contributed by atoms with Crippen LogP contribution in [-0.2, 0) is 0 Å². The molecule has 0 atom stereocenters. The summed E-state index contributed by atoms with van der Waals surface area (Å²) in [5, 5.41) is 12.4. The number of rotatable bonds is 8. The molecule has 14 rings (SSSR count). The Balaban J connectivity index is 0.918. The van der Waals surface area contributed by atoms with Crippen molar-refractivity contribution in [2.24, 2.45) is 0 Å². The number of para-hydroxylation sites is 2. The summed E-state index contributed by atoms with van der Waals surface area (Å²) in [5.41, 5.74) is 16.4. The van der Waals surface area contributed by atoms with Gasteiger partial charge in [-0.15, -0.1) is 0 Å². The van der Waals surface area contributed by atoms with Crippen molar-refractivity contribution < 1.29 is 0 Å². The molecule has 0 amide bonds. The van der Waals surface area contributed by atoms with Crippen LogP contribution in [0.5, 0.6) is 0 Å². The van der Waals surface area contributed by atoms with E-state index >= 15 is 0 Å². The van der Waals surface area contributed by atoms with Crippen LogP contribution >= 0.6 is 0 Å². The molecule has 336 valence electrons. The Kier molecular flexibility index (Phi) is 9.89. The summed E-state index contributed by atoms with van der Waals surface area (Å²) in [7, 11) is 0. The quantitative estimate of drug-likeness (QED) is 0.138. The highest BCUT2D eigenvalue weighted by molar-refractivity contribution is 6.22. The molecular weight excluding hydrogens is 869 g/mol. The molecule has 0 aliphatic carbocycles. The Morgan fingerprint density at radius 3 is 1.49 bits per heavy atom. The van der Waals surface area contributed by atoms with E-state index in [0.29, 0.717) is 0 Å². The molecule has 0 aliphatic rings. The zero-order chi connectivity index (χ0) is 47.5. The summed E-state index contributed by atoms with van der Waals surface area (Å²) < 4.78 is 2.37. The zero-order valence-corrected chi connectivity index (χ0v) is 39.5. The summed E-state index contributed by atoms with van der Waals surface area (Å²) in [6.45, 7) is 0. The molecule has 2 heteroatoms. The fourth-order valence-electron chi connectivity index (χ4n) is 11.4. The molecule has 0 radical (unpaired) electrons. The predicted molar refractivity (Wildman–Crippen MR) is 307 cm³/mol. The number of hydrogen-bond acceptors (Lipinski definition) is 1. The van der Waals surface area contributed by atoms with Gasteiger partial charge in [0.15, 0.2) is 0 Å². The van der Waals surface area contributed by atoms with E-state index in [9.17, 15) is 0 Å². The van der Waals surface area contributed by atoms with Crippen LogP contribution in [0.2, 0.25) is 0 Å². The van der Waals surface area contributed by atoms with Crippen LogP contribution in [0.4, 0.5) is 17.1 Å². The first-order valence-corrected chi connectivity index (χ1v) is 24.8. The van der Waals surface area contributed by atoms with E-state index in [4.69, 9.17) is 0 Å². The van der Waals surface area contributed by atoms with Gasteiger partial charge in [-0.1, -0.05) is 206 Å². The number of benzene rings is 13. The first-order valence-electron chi connectivity index (χ1n) is 24.8. The topological polar surface area (TPSA) is 8.17 Å². The van der Waals surface area contributed by atoms with Gasteiger partial charge in [0, 0.05) is 33.5 Å². The number of nitrogens with zero attached hydrogens (tertiary/aromatic N) is 2. The van der Waals surface area contributed by atoms with Crippen LogP contribution in [0.15, 0.2) is 279 Å². The maximum atomic E-state index is 2.42. The van der Waals surface area contributed by atoms with E-state index in [2.05, 4.69) is 289 Å². The minimum Gasteiger partial charge on any atom is -0.310 e. The summed E-state index contributed by atoms with van der Waals surface area (Å²) in [5.74, 6) is 0. The molecule has 1 aromatic heterocycles. The van der Waals surface area contributed by atoms with E-state index in [1.807, 2.05) is 0 Å². The van der Waals surface area contributed by atoms with Crippen molar-refractivity contribution in [3.8, 4) is 50.2 Å². The van der Waals surface area contributed by atoms with Crippen LogP contribution < -0.4 is 4.90 Å². The molecular formula is C70H46N2. The minimum absolute atomic E-state index is 1.08. The van der Waals surface area contributed by atoms with E-state index in [1.54, 1.807) is 0 Å². The van der Waals surface area contributed by atoms with Crippen LogP contribution in [0.3, 0.4) is 0 Å². The average Bonchev–Trinajstić information content (AvgIpc) is 3.79. The smallest absolute Gasteiger partial charge is 0.0541 e. The molecule has 0 spiro atoms. The largest absolute Gasteiger partial charge is 0.310 e. The van der Waals surface area contributed by atoms with Crippen molar-refractivity contribution in [3.63, 3.8) is 0 Å². The van der Waals surface area contributed by atoms with Gasteiger partial charge < -0.3 is 9.47 Å². The molecule has 0 fully saturated rings. The van der Waals surface area contributed by atoms with E-state index in [-0.39, 0.29) is 0 Å². The Labute approximate surface area is 418 Å². The zero-order valence-electron chi connectivity index (χ0n) is 39.5. The van der Waals surface area contributed by atoms with Gasteiger partial charge in [0.05, 0.1) is 11.0 Å². The van der Waals surface area contributed by atoms with Crippen molar-refractivity contribution in [1.82, 2.24) is 4.57 Å². The number of hydrogen-bond donors (Lipinski definition) is 0. The fraction of sp³-hybridized carbons (Fsp3) is 0. The summed E-state index contributed by atoms with van der Waals surface area (Å²) in [4.78, 5) is 2.41. The van der Waals surface area contributed by atoms with Gasteiger partial charge in [0.1, 0.15) is 0 Å². The fourth-order valence-corrected chi connectivity index (χ4v) is 11.4. The van der Waals surface area contributed by atoms with Gasteiger partial charge in [-0.25, -0.2) is 0 Å². The highest BCUT2D eigenvalue weighted by Crippen LogP contribution is 2.47. The van der Waals surface area contributed by atoms with Crippen LogP contribution in [0.25, 0.3) is 115 Å². The van der Waals surface area contributed by atoms with Gasteiger partial charge in [0.25, 0.3) is 0 Å². The van der Waals surface area contributed by atoms with Crippen molar-refractivity contribution in [2.45, 2.75) is 0 Å². The molecule has 14 aromatic rings. The van der Waals surface area contributed by atoms with Crippen LogP contribution in [-0.4, -0.2) is 4.57 Å². The van der Waals surface area contributed by atoms with E-state index in [1.165, 1.54) is 104 Å². The molecule has 0 saturated carbocycles.